The van der Waals surface area contributed by atoms with E-state index in [2.05, 4.69) is 26.1 Å². The number of nitrogens with one attached hydrogen (secondary N) is 1. The number of unbranched alkanes of at least 4 members (excludes halogenated alkanes) is 2. The van der Waals surface area contributed by atoms with Gasteiger partial charge in [-0.3, -0.25) is 8.74 Å². The van der Waals surface area contributed by atoms with E-state index < -0.39 is 20.2 Å². The third-order valence-corrected chi connectivity index (χ3v) is 9.04. The molecule has 50 heavy (non-hydrogen) atoms. The summed E-state index contributed by atoms with van der Waals surface area (Å²) in [6.07, 6.45) is 6.36. The van der Waals surface area contributed by atoms with Gasteiger partial charge in [-0.2, -0.15) is 16.8 Å². The Balaban J connectivity index is 0. The lowest BCUT2D eigenvalue weighted by Gasteiger charge is -2.13. The summed E-state index contributed by atoms with van der Waals surface area (Å²) in [7, 11) is -4.29. The number of aryl methyl sites for hydroxylation is 2. The van der Waals surface area contributed by atoms with E-state index in [1.165, 1.54) is 31.4 Å². The molecule has 0 fully saturated rings. The number of ether oxygens (including phenoxy) is 4. The van der Waals surface area contributed by atoms with Gasteiger partial charge in [0.15, 0.2) is 0 Å². The molecular weight excluding hydrogens is 685 g/mol. The first-order valence-corrected chi connectivity index (χ1v) is 20.1. The Bertz CT molecular complexity index is 1250. The normalized spacial score (nSPS) is 12.4. The fourth-order valence-electron chi connectivity index (χ4n) is 3.79. The Kier molecular flexibility index (Phi) is 31.8. The second-order valence-corrected chi connectivity index (χ2v) is 14.6. The third kappa shape index (κ3) is 29.7. The summed E-state index contributed by atoms with van der Waals surface area (Å²) in [5, 5.41) is 3.43. The molecule has 14 heteroatoms. The molecule has 0 amide bonds. The van der Waals surface area contributed by atoms with Gasteiger partial charge < -0.3 is 30.0 Å². The van der Waals surface area contributed by atoms with Crippen molar-refractivity contribution in [1.82, 2.24) is 5.32 Å². The Hall–Kier alpha value is -1.98. The molecule has 0 saturated carbocycles. The van der Waals surface area contributed by atoms with Crippen LogP contribution >= 0.6 is 0 Å². The van der Waals surface area contributed by atoms with Gasteiger partial charge in [0.25, 0.3) is 20.2 Å². The number of methoxy groups -OCH3 is 2. The van der Waals surface area contributed by atoms with Crippen molar-refractivity contribution >= 4 is 20.2 Å². The fourth-order valence-corrected chi connectivity index (χ4v) is 5.38. The second-order valence-electron chi connectivity index (χ2n) is 11.6. The van der Waals surface area contributed by atoms with Crippen LogP contribution in [0, 0.1) is 13.8 Å². The summed E-state index contributed by atoms with van der Waals surface area (Å²) >= 11 is 0. The topological polar surface area (TPSA) is 173 Å². The summed E-state index contributed by atoms with van der Waals surface area (Å²) in [6, 6.07) is 13.3. The van der Waals surface area contributed by atoms with Crippen LogP contribution in [-0.2, 0) is 43.4 Å². The molecule has 292 valence electrons. The molecule has 2 aromatic carbocycles. The lowest BCUT2D eigenvalue weighted by Crippen LogP contribution is -2.29. The highest BCUT2D eigenvalue weighted by atomic mass is 32.2. The highest BCUT2D eigenvalue weighted by Gasteiger charge is 2.18. The molecule has 0 aliphatic carbocycles. The minimum Gasteiger partial charge on any atom is -0.382 e. The minimum atomic E-state index is -4.02. The molecule has 0 aliphatic heterocycles. The molecule has 12 nitrogen and oxygen atoms in total. The van der Waals surface area contributed by atoms with Gasteiger partial charge in [-0.25, -0.2) is 0 Å². The van der Waals surface area contributed by atoms with Crippen molar-refractivity contribution in [3.8, 4) is 0 Å². The SMILES string of the molecule is CCCCC(C)NCCOCCOC.CCCCC(C)OS(=O)(=O)c1ccc(C)cc1.COCCOCCN.Cc1ccc(S(=O)(=O)O)cc1. The molecule has 0 radical (unpaired) electrons. The van der Waals surface area contributed by atoms with Gasteiger partial charge >= 0.3 is 0 Å². The summed E-state index contributed by atoms with van der Waals surface area (Å²) in [6.45, 7) is 17.7. The number of rotatable bonds is 22. The van der Waals surface area contributed by atoms with Crippen molar-refractivity contribution < 1.29 is 44.5 Å². The van der Waals surface area contributed by atoms with Gasteiger partial charge in [0, 0.05) is 33.4 Å². The number of nitrogens with two attached hydrogens (primary N) is 1. The quantitative estimate of drug-likeness (QED) is 0.0735. The first kappa shape index (κ1) is 50.1. The monoisotopic (exact) mass is 750 g/mol. The molecule has 0 spiro atoms. The maximum atomic E-state index is 11.9. The first-order chi connectivity index (χ1) is 23.7. The number of hydrogen-bond donors (Lipinski definition) is 3. The number of hydrogen-bond acceptors (Lipinski definition) is 11. The minimum absolute atomic E-state index is 0.0666. The highest BCUT2D eigenvalue weighted by molar-refractivity contribution is 7.86. The van der Waals surface area contributed by atoms with Crippen molar-refractivity contribution in [3.05, 3.63) is 59.7 Å². The van der Waals surface area contributed by atoms with Crippen LogP contribution in [-0.4, -0.2) is 100 Å². The average molecular weight is 751 g/mol. The van der Waals surface area contributed by atoms with Gasteiger partial charge in [-0.05, 0) is 64.8 Å². The van der Waals surface area contributed by atoms with Crippen molar-refractivity contribution in [2.45, 2.75) is 102 Å². The van der Waals surface area contributed by atoms with Crippen LogP contribution < -0.4 is 11.1 Å². The Morgan fingerprint density at radius 2 is 1.16 bits per heavy atom. The Labute approximate surface area is 303 Å². The van der Waals surface area contributed by atoms with E-state index in [4.69, 9.17) is 33.4 Å². The third-order valence-electron chi connectivity index (χ3n) is 6.74. The molecule has 2 unspecified atom stereocenters. The van der Waals surface area contributed by atoms with E-state index in [1.807, 2.05) is 13.8 Å². The van der Waals surface area contributed by atoms with Crippen molar-refractivity contribution in [3.63, 3.8) is 0 Å². The summed E-state index contributed by atoms with van der Waals surface area (Å²) in [5.74, 6) is 0. The predicted molar refractivity (Wildman–Crippen MR) is 201 cm³/mol. The summed E-state index contributed by atoms with van der Waals surface area (Å²) in [5.41, 5.74) is 7.13. The van der Waals surface area contributed by atoms with E-state index in [1.54, 1.807) is 57.5 Å². The van der Waals surface area contributed by atoms with Crippen molar-refractivity contribution in [1.29, 1.82) is 0 Å². The average Bonchev–Trinajstić information content (AvgIpc) is 3.07. The van der Waals surface area contributed by atoms with Gasteiger partial charge in [0.1, 0.15) is 0 Å². The molecule has 2 aromatic rings. The van der Waals surface area contributed by atoms with Crippen LogP contribution in [0.4, 0.5) is 0 Å². The van der Waals surface area contributed by atoms with Gasteiger partial charge in [0.2, 0.25) is 0 Å². The van der Waals surface area contributed by atoms with E-state index in [0.717, 1.165) is 43.5 Å². The Morgan fingerprint density at radius 3 is 1.60 bits per heavy atom. The Morgan fingerprint density at radius 1 is 0.700 bits per heavy atom. The van der Waals surface area contributed by atoms with Gasteiger partial charge in [-0.1, -0.05) is 74.9 Å². The fraction of sp³-hybridized carbons (Fsp3) is 0.667. The molecule has 0 saturated heterocycles. The van der Waals surface area contributed by atoms with Crippen molar-refractivity contribution in [2.75, 3.05) is 67.0 Å². The molecule has 2 atom stereocenters. The lowest BCUT2D eigenvalue weighted by atomic mass is 10.1. The zero-order chi connectivity index (χ0) is 38.3. The van der Waals surface area contributed by atoms with Crippen LogP contribution in [0.5, 0.6) is 0 Å². The molecule has 0 heterocycles. The molecular formula is C36H66N2O10S2. The number of benzene rings is 2. The van der Waals surface area contributed by atoms with E-state index in [-0.39, 0.29) is 15.9 Å². The van der Waals surface area contributed by atoms with Crippen LogP contribution in [0.25, 0.3) is 0 Å². The largest absolute Gasteiger partial charge is 0.382 e. The first-order valence-electron chi connectivity index (χ1n) is 17.3. The van der Waals surface area contributed by atoms with Gasteiger partial charge in [0.05, 0.1) is 55.5 Å². The van der Waals surface area contributed by atoms with Crippen LogP contribution in [0.15, 0.2) is 58.3 Å². The summed E-state index contributed by atoms with van der Waals surface area (Å²) < 4.78 is 78.4. The highest BCUT2D eigenvalue weighted by Crippen LogP contribution is 2.17. The molecule has 4 N–H and O–H groups in total. The van der Waals surface area contributed by atoms with Gasteiger partial charge in [-0.15, -0.1) is 0 Å². The predicted octanol–water partition coefficient (Wildman–Crippen LogP) is 5.95. The molecule has 0 aliphatic rings. The maximum absolute atomic E-state index is 11.9. The second kappa shape index (κ2) is 31.7. The zero-order valence-corrected chi connectivity index (χ0v) is 33.3. The lowest BCUT2D eigenvalue weighted by molar-refractivity contribution is 0.0711. The van der Waals surface area contributed by atoms with E-state index in [9.17, 15) is 16.8 Å². The summed E-state index contributed by atoms with van der Waals surface area (Å²) in [4.78, 5) is 0.162. The van der Waals surface area contributed by atoms with Crippen LogP contribution in [0.2, 0.25) is 0 Å². The van der Waals surface area contributed by atoms with E-state index >= 15 is 0 Å². The smallest absolute Gasteiger partial charge is 0.297 e. The van der Waals surface area contributed by atoms with Crippen LogP contribution in [0.1, 0.15) is 77.3 Å². The molecule has 0 bridgehead atoms. The molecule has 2 rings (SSSR count). The van der Waals surface area contributed by atoms with Crippen LogP contribution in [0.3, 0.4) is 0 Å². The van der Waals surface area contributed by atoms with Crippen molar-refractivity contribution in [2.24, 2.45) is 5.73 Å². The maximum Gasteiger partial charge on any atom is 0.297 e. The van der Waals surface area contributed by atoms with E-state index in [0.29, 0.717) is 45.6 Å². The zero-order valence-electron chi connectivity index (χ0n) is 31.7. The standard InChI is InChI=1S/C13H20O3S.C11H25NO2.C7H8O3S.C5H13NO2/c1-4-5-6-12(3)16-17(14,15)13-9-7-11(2)8-10-13;1-4-5-6-11(2)12-7-8-14-10-9-13-3;1-6-2-4-7(5-3-6)11(8,9)10;1-7-4-5-8-3-2-6/h7-10,12H,4-6H2,1-3H3;11-12H,4-10H2,1-3H3;2-5H,1H3,(H,8,9,10);2-6H2,1H3. The molecule has 0 aromatic heterocycles.